The van der Waals surface area contributed by atoms with E-state index >= 15 is 0 Å². The Morgan fingerprint density at radius 1 is 0.583 bits per heavy atom. The first-order chi connectivity index (χ1) is 17.6. The molecule has 0 bridgehead atoms. The topological polar surface area (TPSA) is 95.1 Å². The highest BCUT2D eigenvalue weighted by atomic mass is 16.5. The van der Waals surface area contributed by atoms with Crippen molar-refractivity contribution in [1.82, 2.24) is 10.6 Å². The van der Waals surface area contributed by atoms with Crippen LogP contribution in [0.3, 0.4) is 0 Å². The first kappa shape index (κ1) is 29.1. The Bertz CT molecular complexity index is 797. The molecule has 2 aromatic rings. The van der Waals surface area contributed by atoms with Crippen molar-refractivity contribution in [3.8, 4) is 11.5 Å². The number of hydrogen-bond acceptors (Lipinski definition) is 6. The SMILES string of the molecule is CCOCCOc1ccc(C(=O)NCCCCCCNC(=O)c2ccc(OCCOCC)cc2)cc1. The molecule has 2 aromatic carbocycles. The van der Waals surface area contributed by atoms with E-state index in [2.05, 4.69) is 10.6 Å². The second-order valence-corrected chi connectivity index (χ2v) is 8.07. The number of hydrogen-bond donors (Lipinski definition) is 2. The van der Waals surface area contributed by atoms with Crippen LogP contribution in [0.2, 0.25) is 0 Å². The lowest BCUT2D eigenvalue weighted by Gasteiger charge is -2.09. The van der Waals surface area contributed by atoms with E-state index < -0.39 is 0 Å². The van der Waals surface area contributed by atoms with Crippen LogP contribution in [0.4, 0.5) is 0 Å². The molecule has 2 rings (SSSR count). The van der Waals surface area contributed by atoms with Gasteiger partial charge in [0.2, 0.25) is 0 Å². The number of nitrogens with one attached hydrogen (secondary N) is 2. The minimum absolute atomic E-state index is 0.0890. The molecule has 0 fully saturated rings. The van der Waals surface area contributed by atoms with Crippen LogP contribution in [0, 0.1) is 0 Å². The van der Waals surface area contributed by atoms with Crippen molar-refractivity contribution < 1.29 is 28.5 Å². The average Bonchev–Trinajstić information content (AvgIpc) is 2.91. The van der Waals surface area contributed by atoms with Gasteiger partial charge < -0.3 is 29.6 Å². The number of carbonyl (C=O) groups excluding carboxylic acids is 2. The summed E-state index contributed by atoms with van der Waals surface area (Å²) in [5.41, 5.74) is 1.22. The van der Waals surface area contributed by atoms with Gasteiger partial charge in [-0.2, -0.15) is 0 Å². The second kappa shape index (κ2) is 18.2. The van der Waals surface area contributed by atoms with E-state index in [1.807, 2.05) is 13.8 Å². The van der Waals surface area contributed by atoms with Gasteiger partial charge in [0.25, 0.3) is 11.8 Å². The van der Waals surface area contributed by atoms with Gasteiger partial charge in [-0.1, -0.05) is 12.8 Å². The molecule has 0 saturated carbocycles. The molecule has 2 N–H and O–H groups in total. The predicted octanol–water partition coefficient (Wildman–Crippen LogP) is 4.24. The highest BCUT2D eigenvalue weighted by molar-refractivity contribution is 5.94. The Morgan fingerprint density at radius 2 is 0.972 bits per heavy atom. The number of ether oxygens (including phenoxy) is 4. The van der Waals surface area contributed by atoms with Crippen LogP contribution in [0.1, 0.15) is 60.2 Å². The van der Waals surface area contributed by atoms with E-state index in [4.69, 9.17) is 18.9 Å². The number of unbranched alkanes of at least 4 members (excludes halogenated alkanes) is 3. The number of amides is 2. The lowest BCUT2D eigenvalue weighted by Crippen LogP contribution is -2.25. The van der Waals surface area contributed by atoms with E-state index in [0.29, 0.717) is 63.9 Å². The summed E-state index contributed by atoms with van der Waals surface area (Å²) in [4.78, 5) is 24.5. The van der Waals surface area contributed by atoms with Gasteiger partial charge in [-0.25, -0.2) is 0 Å². The number of rotatable bonds is 19. The molecule has 0 spiro atoms. The molecule has 0 saturated heterocycles. The van der Waals surface area contributed by atoms with Crippen LogP contribution in [0.25, 0.3) is 0 Å². The summed E-state index contributed by atoms with van der Waals surface area (Å²) in [7, 11) is 0. The first-order valence-electron chi connectivity index (χ1n) is 12.8. The van der Waals surface area contributed by atoms with Crippen molar-refractivity contribution in [2.45, 2.75) is 39.5 Å². The fraction of sp³-hybridized carbons (Fsp3) is 0.500. The molecule has 36 heavy (non-hydrogen) atoms. The smallest absolute Gasteiger partial charge is 0.251 e. The zero-order valence-electron chi connectivity index (χ0n) is 21.6. The fourth-order valence-corrected chi connectivity index (χ4v) is 3.34. The van der Waals surface area contributed by atoms with E-state index in [9.17, 15) is 9.59 Å². The Hall–Kier alpha value is -3.10. The lowest BCUT2D eigenvalue weighted by molar-refractivity contribution is 0.0943. The standard InChI is InChI=1S/C28H40N2O6/c1-3-33-19-21-35-25-13-9-23(10-14-25)27(31)29-17-7-5-6-8-18-30-28(32)24-11-15-26(16-12-24)36-22-20-34-4-2/h9-16H,3-8,17-22H2,1-2H3,(H,29,31)(H,30,32). The maximum atomic E-state index is 12.3. The summed E-state index contributed by atoms with van der Waals surface area (Å²) in [5.74, 6) is 1.26. The van der Waals surface area contributed by atoms with Crippen LogP contribution < -0.4 is 20.1 Å². The molecule has 2 amide bonds. The summed E-state index contributed by atoms with van der Waals surface area (Å²) in [6.45, 7) is 8.53. The lowest BCUT2D eigenvalue weighted by atomic mass is 10.1. The van der Waals surface area contributed by atoms with Crippen LogP contribution >= 0.6 is 0 Å². The molecule has 0 aromatic heterocycles. The zero-order chi connectivity index (χ0) is 25.8. The molecule has 0 aliphatic rings. The quantitative estimate of drug-likeness (QED) is 0.280. The Balaban J connectivity index is 1.51. The normalized spacial score (nSPS) is 10.6. The maximum Gasteiger partial charge on any atom is 0.251 e. The van der Waals surface area contributed by atoms with Crippen molar-refractivity contribution in [1.29, 1.82) is 0 Å². The van der Waals surface area contributed by atoms with E-state index in [1.54, 1.807) is 48.5 Å². The van der Waals surface area contributed by atoms with E-state index in [1.165, 1.54) is 0 Å². The van der Waals surface area contributed by atoms with Gasteiger partial charge in [-0.3, -0.25) is 9.59 Å². The zero-order valence-corrected chi connectivity index (χ0v) is 21.6. The molecule has 0 atom stereocenters. The van der Waals surface area contributed by atoms with Gasteiger partial charge in [0.05, 0.1) is 13.2 Å². The summed E-state index contributed by atoms with van der Waals surface area (Å²) in [6, 6.07) is 14.2. The molecule has 0 radical (unpaired) electrons. The van der Waals surface area contributed by atoms with Crippen LogP contribution in [0.15, 0.2) is 48.5 Å². The van der Waals surface area contributed by atoms with E-state index in [0.717, 1.165) is 37.2 Å². The summed E-state index contributed by atoms with van der Waals surface area (Å²) < 4.78 is 21.6. The first-order valence-corrected chi connectivity index (χ1v) is 12.8. The van der Waals surface area contributed by atoms with Gasteiger partial charge in [-0.05, 0) is 75.2 Å². The van der Waals surface area contributed by atoms with E-state index in [-0.39, 0.29) is 11.8 Å². The summed E-state index contributed by atoms with van der Waals surface area (Å²) in [5, 5.41) is 5.89. The Morgan fingerprint density at radius 3 is 1.33 bits per heavy atom. The Kier molecular flexibility index (Phi) is 14.7. The fourth-order valence-electron chi connectivity index (χ4n) is 3.34. The maximum absolute atomic E-state index is 12.3. The molecular weight excluding hydrogens is 460 g/mol. The van der Waals surface area contributed by atoms with Crippen molar-refractivity contribution in [2.24, 2.45) is 0 Å². The largest absolute Gasteiger partial charge is 0.491 e. The highest BCUT2D eigenvalue weighted by Crippen LogP contribution is 2.13. The third kappa shape index (κ3) is 12.0. The minimum Gasteiger partial charge on any atom is -0.491 e. The van der Waals surface area contributed by atoms with Crippen LogP contribution in [0.5, 0.6) is 11.5 Å². The minimum atomic E-state index is -0.0890. The molecule has 8 heteroatoms. The molecule has 0 unspecified atom stereocenters. The Labute approximate surface area is 214 Å². The van der Waals surface area contributed by atoms with Gasteiger partial charge in [-0.15, -0.1) is 0 Å². The summed E-state index contributed by atoms with van der Waals surface area (Å²) >= 11 is 0. The van der Waals surface area contributed by atoms with Gasteiger partial charge >= 0.3 is 0 Å². The number of carbonyl (C=O) groups is 2. The molecule has 198 valence electrons. The van der Waals surface area contributed by atoms with Crippen molar-refractivity contribution >= 4 is 11.8 Å². The van der Waals surface area contributed by atoms with Crippen molar-refractivity contribution in [2.75, 3.05) is 52.7 Å². The molecule has 0 aliphatic heterocycles. The van der Waals surface area contributed by atoms with Crippen LogP contribution in [-0.4, -0.2) is 64.5 Å². The third-order valence-electron chi connectivity index (χ3n) is 5.31. The molecule has 0 aliphatic carbocycles. The third-order valence-corrected chi connectivity index (χ3v) is 5.31. The molecule has 0 heterocycles. The number of benzene rings is 2. The predicted molar refractivity (Wildman–Crippen MR) is 140 cm³/mol. The highest BCUT2D eigenvalue weighted by Gasteiger charge is 2.06. The second-order valence-electron chi connectivity index (χ2n) is 8.07. The van der Waals surface area contributed by atoms with Crippen molar-refractivity contribution in [3.63, 3.8) is 0 Å². The van der Waals surface area contributed by atoms with Gasteiger partial charge in [0.1, 0.15) is 24.7 Å². The van der Waals surface area contributed by atoms with Gasteiger partial charge in [0, 0.05) is 37.4 Å². The summed E-state index contributed by atoms with van der Waals surface area (Å²) in [6.07, 6.45) is 3.75. The van der Waals surface area contributed by atoms with Crippen molar-refractivity contribution in [3.05, 3.63) is 59.7 Å². The molecular formula is C28H40N2O6. The monoisotopic (exact) mass is 500 g/mol. The average molecular weight is 501 g/mol. The molecule has 8 nitrogen and oxygen atoms in total. The van der Waals surface area contributed by atoms with Crippen LogP contribution in [-0.2, 0) is 9.47 Å². The van der Waals surface area contributed by atoms with Gasteiger partial charge in [0.15, 0.2) is 0 Å².